The van der Waals surface area contributed by atoms with E-state index in [0.717, 1.165) is 18.9 Å². The summed E-state index contributed by atoms with van der Waals surface area (Å²) in [5, 5.41) is 16.8. The number of aliphatic hydroxyl groups excluding tert-OH is 1. The van der Waals surface area contributed by atoms with Crippen LogP contribution in [-0.4, -0.2) is 16.2 Å². The van der Waals surface area contributed by atoms with Gasteiger partial charge in [-0.05, 0) is 24.3 Å². The molecule has 15 heavy (non-hydrogen) atoms. The number of aliphatic hydroxyl groups is 1. The lowest BCUT2D eigenvalue weighted by atomic mass is 9.87. The third-order valence-corrected chi connectivity index (χ3v) is 2.33. The second-order valence-corrected chi connectivity index (χ2v) is 4.12. The van der Waals surface area contributed by atoms with E-state index in [1.807, 2.05) is 13.0 Å². The molecule has 0 aromatic carbocycles. The maximum atomic E-state index is 9.43. The zero-order chi connectivity index (χ0) is 12.0. The van der Waals surface area contributed by atoms with Crippen LogP contribution in [0, 0.1) is 11.8 Å². The minimum atomic E-state index is -0.833. The molecule has 0 aliphatic heterocycles. The van der Waals surface area contributed by atoms with Crippen LogP contribution < -0.4 is 0 Å². The Hall–Kier alpha value is -1.25. The Balaban J connectivity index is 0.000000423. The Morgan fingerprint density at radius 2 is 2.00 bits per heavy atom. The molecule has 0 saturated carbocycles. The molecule has 3 nitrogen and oxygen atoms in total. The lowest BCUT2D eigenvalue weighted by Gasteiger charge is -2.20. The third-order valence-electron chi connectivity index (χ3n) is 2.33. The molecule has 0 bridgehead atoms. The van der Waals surface area contributed by atoms with Gasteiger partial charge in [-0.2, -0.15) is 0 Å². The zero-order valence-corrected chi connectivity index (χ0v) is 9.82. The molecular formula is C12H20O3. The molecule has 1 atom stereocenters. The minimum Gasteiger partial charge on any atom is -0.512 e. The summed E-state index contributed by atoms with van der Waals surface area (Å²) in [5.41, 5.74) is 1.02. The molecule has 0 aromatic heterocycles. The van der Waals surface area contributed by atoms with Gasteiger partial charge in [0.2, 0.25) is 0 Å². The van der Waals surface area contributed by atoms with E-state index >= 15 is 0 Å². The first-order valence-electron chi connectivity index (χ1n) is 5.11. The van der Waals surface area contributed by atoms with Gasteiger partial charge < -0.3 is 10.2 Å². The Kier molecular flexibility index (Phi) is 5.75. The van der Waals surface area contributed by atoms with Crippen molar-refractivity contribution >= 4 is 5.97 Å². The van der Waals surface area contributed by atoms with Crippen LogP contribution >= 0.6 is 0 Å². The number of carboxylic acids is 1. The molecule has 0 aromatic rings. The number of carboxylic acid groups (broad SMARTS) is 1. The Bertz CT molecular complexity index is 271. The molecule has 0 radical (unpaired) electrons. The average molecular weight is 212 g/mol. The highest BCUT2D eigenvalue weighted by Crippen LogP contribution is 2.26. The van der Waals surface area contributed by atoms with Gasteiger partial charge in [0.15, 0.2) is 0 Å². The molecule has 3 heteroatoms. The molecular weight excluding hydrogens is 192 g/mol. The summed E-state index contributed by atoms with van der Waals surface area (Å²) in [6, 6.07) is 0. The van der Waals surface area contributed by atoms with Crippen molar-refractivity contribution in [3.8, 4) is 0 Å². The van der Waals surface area contributed by atoms with E-state index in [1.165, 1.54) is 0 Å². The Morgan fingerprint density at radius 3 is 2.33 bits per heavy atom. The molecule has 1 rings (SSSR count). The van der Waals surface area contributed by atoms with Crippen LogP contribution in [0.15, 0.2) is 23.5 Å². The van der Waals surface area contributed by atoms with Crippen LogP contribution in [0.25, 0.3) is 0 Å². The van der Waals surface area contributed by atoms with Crippen molar-refractivity contribution in [2.45, 2.75) is 34.1 Å². The van der Waals surface area contributed by atoms with Gasteiger partial charge in [-0.25, -0.2) is 0 Å². The summed E-state index contributed by atoms with van der Waals surface area (Å²) in [6.07, 6.45) is 5.03. The highest BCUT2D eigenvalue weighted by molar-refractivity contribution is 5.62. The maximum Gasteiger partial charge on any atom is 0.300 e. The van der Waals surface area contributed by atoms with E-state index < -0.39 is 5.97 Å². The van der Waals surface area contributed by atoms with Crippen molar-refractivity contribution in [1.82, 2.24) is 0 Å². The fourth-order valence-electron chi connectivity index (χ4n) is 1.27. The van der Waals surface area contributed by atoms with Gasteiger partial charge in [0.05, 0.1) is 5.76 Å². The SMILES string of the molecule is CC(=O)O.CC1=C(O)CC(C(C)C)C=C1. The predicted octanol–water partition coefficient (Wildman–Crippen LogP) is 3.14. The standard InChI is InChI=1S/C10H16O.C2H4O2/c1-7(2)9-5-4-8(3)10(11)6-9;1-2(3)4/h4-5,7,9,11H,6H2,1-3H3;1H3,(H,3,4). The number of allylic oxidation sites excluding steroid dienone is 4. The van der Waals surface area contributed by atoms with Gasteiger partial charge in [-0.1, -0.05) is 26.0 Å². The van der Waals surface area contributed by atoms with E-state index in [1.54, 1.807) is 0 Å². The van der Waals surface area contributed by atoms with Crippen LogP contribution in [0.1, 0.15) is 34.1 Å². The summed E-state index contributed by atoms with van der Waals surface area (Å²) >= 11 is 0. The second kappa shape index (κ2) is 6.27. The van der Waals surface area contributed by atoms with Crippen LogP contribution in [-0.2, 0) is 4.79 Å². The fourth-order valence-corrected chi connectivity index (χ4v) is 1.27. The monoisotopic (exact) mass is 212 g/mol. The van der Waals surface area contributed by atoms with E-state index in [9.17, 15) is 5.11 Å². The van der Waals surface area contributed by atoms with Crippen LogP contribution in [0.2, 0.25) is 0 Å². The van der Waals surface area contributed by atoms with Gasteiger partial charge in [0, 0.05) is 13.3 Å². The van der Waals surface area contributed by atoms with E-state index in [2.05, 4.69) is 19.9 Å². The number of aliphatic carboxylic acids is 1. The minimum absolute atomic E-state index is 0.527. The van der Waals surface area contributed by atoms with Gasteiger partial charge in [-0.3, -0.25) is 4.79 Å². The predicted molar refractivity (Wildman–Crippen MR) is 60.7 cm³/mol. The normalized spacial score (nSPS) is 19.9. The van der Waals surface area contributed by atoms with Gasteiger partial charge >= 0.3 is 0 Å². The topological polar surface area (TPSA) is 57.5 Å². The summed E-state index contributed by atoms with van der Waals surface area (Å²) in [5.74, 6) is 0.881. The first-order valence-corrected chi connectivity index (χ1v) is 5.11. The molecule has 2 N–H and O–H groups in total. The number of hydrogen-bond acceptors (Lipinski definition) is 2. The Morgan fingerprint density at radius 1 is 1.53 bits per heavy atom. The smallest absolute Gasteiger partial charge is 0.300 e. The summed E-state index contributed by atoms with van der Waals surface area (Å²) < 4.78 is 0. The number of carbonyl (C=O) groups is 1. The van der Waals surface area contributed by atoms with Crippen molar-refractivity contribution in [2.24, 2.45) is 11.8 Å². The molecule has 1 aliphatic rings. The van der Waals surface area contributed by atoms with Gasteiger partial charge in [0.1, 0.15) is 0 Å². The fraction of sp³-hybridized carbons (Fsp3) is 0.583. The van der Waals surface area contributed by atoms with Crippen molar-refractivity contribution in [2.75, 3.05) is 0 Å². The lowest BCUT2D eigenvalue weighted by Crippen LogP contribution is -2.10. The lowest BCUT2D eigenvalue weighted by molar-refractivity contribution is -0.134. The molecule has 1 aliphatic carbocycles. The first-order chi connectivity index (χ1) is 6.84. The molecule has 0 amide bonds. The van der Waals surface area contributed by atoms with Crippen LogP contribution in [0.3, 0.4) is 0 Å². The molecule has 0 saturated heterocycles. The molecule has 1 unspecified atom stereocenters. The largest absolute Gasteiger partial charge is 0.512 e. The molecule has 0 spiro atoms. The summed E-state index contributed by atoms with van der Waals surface area (Å²) in [4.78, 5) is 9.00. The first kappa shape index (κ1) is 13.8. The third kappa shape index (κ3) is 5.94. The second-order valence-electron chi connectivity index (χ2n) is 4.12. The maximum absolute atomic E-state index is 9.43. The molecule has 86 valence electrons. The number of hydrogen-bond donors (Lipinski definition) is 2. The summed E-state index contributed by atoms with van der Waals surface area (Å²) in [7, 11) is 0. The number of rotatable bonds is 1. The van der Waals surface area contributed by atoms with Crippen molar-refractivity contribution < 1.29 is 15.0 Å². The van der Waals surface area contributed by atoms with Crippen LogP contribution in [0.5, 0.6) is 0 Å². The summed E-state index contributed by atoms with van der Waals surface area (Å²) in [6.45, 7) is 7.40. The average Bonchev–Trinajstić information content (AvgIpc) is 2.08. The van der Waals surface area contributed by atoms with E-state index in [0.29, 0.717) is 17.6 Å². The van der Waals surface area contributed by atoms with Gasteiger partial charge in [0.25, 0.3) is 5.97 Å². The van der Waals surface area contributed by atoms with E-state index in [4.69, 9.17) is 9.90 Å². The van der Waals surface area contributed by atoms with Crippen molar-refractivity contribution in [1.29, 1.82) is 0 Å². The zero-order valence-electron chi connectivity index (χ0n) is 9.82. The van der Waals surface area contributed by atoms with Gasteiger partial charge in [-0.15, -0.1) is 0 Å². The van der Waals surface area contributed by atoms with Crippen molar-refractivity contribution in [3.63, 3.8) is 0 Å². The quantitative estimate of drug-likeness (QED) is 0.702. The van der Waals surface area contributed by atoms with Crippen LogP contribution in [0.4, 0.5) is 0 Å². The molecule has 0 fully saturated rings. The highest BCUT2D eigenvalue weighted by atomic mass is 16.4. The van der Waals surface area contributed by atoms with E-state index in [-0.39, 0.29) is 0 Å². The van der Waals surface area contributed by atoms with Crippen molar-refractivity contribution in [3.05, 3.63) is 23.5 Å². The highest BCUT2D eigenvalue weighted by Gasteiger charge is 2.16. The Labute approximate surface area is 91.1 Å². The molecule has 0 heterocycles.